The zero-order chi connectivity index (χ0) is 19.2. The smallest absolute Gasteiger partial charge is 0.240 e. The van der Waals surface area contributed by atoms with Crippen LogP contribution in [0.4, 0.5) is 5.69 Å². The highest BCUT2D eigenvalue weighted by molar-refractivity contribution is 7.92. The lowest BCUT2D eigenvalue weighted by molar-refractivity contribution is -0.119. The molecule has 0 aliphatic carbocycles. The summed E-state index contributed by atoms with van der Waals surface area (Å²) >= 11 is 11.9. The summed E-state index contributed by atoms with van der Waals surface area (Å²) in [7, 11) is -3.68. The molecular formula is C18H20Cl2N2O3S. The van der Waals surface area contributed by atoms with E-state index >= 15 is 0 Å². The van der Waals surface area contributed by atoms with Crippen molar-refractivity contribution in [2.45, 2.75) is 12.8 Å². The van der Waals surface area contributed by atoms with Crippen LogP contribution in [0, 0.1) is 0 Å². The molecule has 0 atom stereocenters. The summed E-state index contributed by atoms with van der Waals surface area (Å²) in [6, 6.07) is 14.4. The second-order valence-electron chi connectivity index (χ2n) is 5.80. The zero-order valence-corrected chi connectivity index (χ0v) is 16.6. The highest BCUT2D eigenvalue weighted by atomic mass is 35.5. The van der Waals surface area contributed by atoms with Gasteiger partial charge in [0.2, 0.25) is 15.9 Å². The second kappa shape index (κ2) is 9.26. The van der Waals surface area contributed by atoms with Crippen LogP contribution < -0.4 is 9.62 Å². The van der Waals surface area contributed by atoms with E-state index in [1.165, 1.54) is 23.8 Å². The van der Waals surface area contributed by atoms with Crippen LogP contribution in [-0.4, -0.2) is 33.7 Å². The third-order valence-corrected chi connectivity index (χ3v) is 5.34. The van der Waals surface area contributed by atoms with Crippen molar-refractivity contribution < 1.29 is 13.2 Å². The molecule has 0 radical (unpaired) electrons. The molecule has 0 fully saturated rings. The van der Waals surface area contributed by atoms with Gasteiger partial charge in [0.1, 0.15) is 6.54 Å². The fourth-order valence-electron chi connectivity index (χ4n) is 2.42. The van der Waals surface area contributed by atoms with Crippen molar-refractivity contribution in [3.63, 3.8) is 0 Å². The third kappa shape index (κ3) is 6.20. The quantitative estimate of drug-likeness (QED) is 0.671. The van der Waals surface area contributed by atoms with Gasteiger partial charge in [-0.05, 0) is 36.6 Å². The van der Waals surface area contributed by atoms with Crippen LogP contribution in [0.5, 0.6) is 0 Å². The monoisotopic (exact) mass is 414 g/mol. The Hall–Kier alpha value is -1.76. The third-order valence-electron chi connectivity index (χ3n) is 3.67. The summed E-state index contributed by atoms with van der Waals surface area (Å²) < 4.78 is 25.1. The Morgan fingerprint density at radius 3 is 2.42 bits per heavy atom. The van der Waals surface area contributed by atoms with Gasteiger partial charge in [-0.25, -0.2) is 8.42 Å². The van der Waals surface area contributed by atoms with Crippen LogP contribution in [0.3, 0.4) is 0 Å². The normalized spacial score (nSPS) is 11.2. The Labute approximate surface area is 164 Å². The molecule has 5 nitrogen and oxygen atoms in total. The highest BCUT2D eigenvalue weighted by Crippen LogP contribution is 2.30. The minimum absolute atomic E-state index is 0.166. The first kappa shape index (κ1) is 20.6. The summed E-state index contributed by atoms with van der Waals surface area (Å²) in [5, 5.41) is 3.30. The lowest BCUT2D eigenvalue weighted by atomic mass is 10.1. The molecule has 0 saturated heterocycles. The maximum atomic E-state index is 12.2. The van der Waals surface area contributed by atoms with Crippen LogP contribution >= 0.6 is 23.2 Å². The standard InChI is InChI=1S/C18H20Cl2N2O3S/c1-26(24,25)22(17-10-9-15(19)12-16(17)20)13-18(23)21-11-5-8-14-6-3-2-4-7-14/h2-4,6-7,9-10,12H,5,8,11,13H2,1H3,(H,21,23). The first-order valence-corrected chi connectivity index (χ1v) is 10.6. The molecule has 0 aromatic heterocycles. The topological polar surface area (TPSA) is 66.5 Å². The van der Waals surface area contributed by atoms with Crippen molar-refractivity contribution >= 4 is 44.8 Å². The van der Waals surface area contributed by atoms with Gasteiger partial charge in [0.05, 0.1) is 17.0 Å². The van der Waals surface area contributed by atoms with Gasteiger partial charge in [-0.3, -0.25) is 9.10 Å². The van der Waals surface area contributed by atoms with Gasteiger partial charge in [0.25, 0.3) is 0 Å². The van der Waals surface area contributed by atoms with Crippen molar-refractivity contribution in [2.24, 2.45) is 0 Å². The largest absolute Gasteiger partial charge is 0.355 e. The van der Waals surface area contributed by atoms with Gasteiger partial charge < -0.3 is 5.32 Å². The van der Waals surface area contributed by atoms with E-state index in [0.717, 1.165) is 23.4 Å². The molecule has 2 aromatic rings. The second-order valence-corrected chi connectivity index (χ2v) is 8.55. The molecule has 26 heavy (non-hydrogen) atoms. The molecule has 0 bridgehead atoms. The molecule has 1 amide bonds. The molecule has 8 heteroatoms. The SMILES string of the molecule is CS(=O)(=O)N(CC(=O)NCCCc1ccccc1)c1ccc(Cl)cc1Cl. The number of carbonyl (C=O) groups excluding carboxylic acids is 1. The van der Waals surface area contributed by atoms with E-state index in [4.69, 9.17) is 23.2 Å². The van der Waals surface area contributed by atoms with E-state index in [1.807, 2.05) is 30.3 Å². The minimum Gasteiger partial charge on any atom is -0.355 e. The molecule has 0 aliphatic rings. The Morgan fingerprint density at radius 2 is 1.81 bits per heavy atom. The number of nitrogens with one attached hydrogen (secondary N) is 1. The molecule has 140 valence electrons. The van der Waals surface area contributed by atoms with Crippen molar-refractivity contribution in [1.82, 2.24) is 5.32 Å². The van der Waals surface area contributed by atoms with Gasteiger partial charge in [-0.1, -0.05) is 53.5 Å². The maximum Gasteiger partial charge on any atom is 0.240 e. The number of carbonyl (C=O) groups is 1. The first-order valence-electron chi connectivity index (χ1n) is 8.01. The predicted octanol–water partition coefficient (Wildman–Crippen LogP) is 3.51. The van der Waals surface area contributed by atoms with E-state index in [9.17, 15) is 13.2 Å². The molecule has 0 spiro atoms. The van der Waals surface area contributed by atoms with Crippen LogP contribution in [0.1, 0.15) is 12.0 Å². The maximum absolute atomic E-state index is 12.2. The van der Waals surface area contributed by atoms with Crippen molar-refractivity contribution in [1.29, 1.82) is 0 Å². The summed E-state index contributed by atoms with van der Waals surface area (Å²) in [6.07, 6.45) is 2.62. The number of hydrogen-bond acceptors (Lipinski definition) is 3. The average Bonchev–Trinajstić information content (AvgIpc) is 2.57. The van der Waals surface area contributed by atoms with E-state index in [0.29, 0.717) is 11.6 Å². The van der Waals surface area contributed by atoms with E-state index in [1.54, 1.807) is 0 Å². The fourth-order valence-corrected chi connectivity index (χ4v) is 3.84. The van der Waals surface area contributed by atoms with Crippen LogP contribution in [0.25, 0.3) is 0 Å². The molecular weight excluding hydrogens is 395 g/mol. The van der Waals surface area contributed by atoms with Gasteiger partial charge in [-0.2, -0.15) is 0 Å². The van der Waals surface area contributed by atoms with Crippen LogP contribution in [0.15, 0.2) is 48.5 Å². The molecule has 0 saturated carbocycles. The Balaban J connectivity index is 1.94. The molecule has 2 aromatic carbocycles. The lowest BCUT2D eigenvalue weighted by Crippen LogP contribution is -2.40. The number of hydrogen-bond donors (Lipinski definition) is 1. The molecule has 2 rings (SSSR count). The zero-order valence-electron chi connectivity index (χ0n) is 14.3. The molecule has 1 N–H and O–H groups in total. The lowest BCUT2D eigenvalue weighted by Gasteiger charge is -2.23. The minimum atomic E-state index is -3.68. The van der Waals surface area contributed by atoms with Crippen LogP contribution in [-0.2, 0) is 21.2 Å². The van der Waals surface area contributed by atoms with Gasteiger partial charge >= 0.3 is 0 Å². The van der Waals surface area contributed by atoms with Crippen LogP contribution in [0.2, 0.25) is 10.0 Å². The molecule has 0 heterocycles. The van der Waals surface area contributed by atoms with Gasteiger partial charge in [0, 0.05) is 11.6 Å². The molecule has 0 unspecified atom stereocenters. The number of aryl methyl sites for hydroxylation is 1. The summed E-state index contributed by atoms with van der Waals surface area (Å²) in [5.74, 6) is -0.394. The number of nitrogens with zero attached hydrogens (tertiary/aromatic N) is 1. The Bertz CT molecular complexity index is 858. The average molecular weight is 415 g/mol. The first-order chi connectivity index (χ1) is 12.3. The Morgan fingerprint density at radius 1 is 1.12 bits per heavy atom. The molecule has 0 aliphatic heterocycles. The van der Waals surface area contributed by atoms with Crippen molar-refractivity contribution in [3.05, 3.63) is 64.1 Å². The van der Waals surface area contributed by atoms with Gasteiger partial charge in [0.15, 0.2) is 0 Å². The van der Waals surface area contributed by atoms with Gasteiger partial charge in [-0.15, -0.1) is 0 Å². The van der Waals surface area contributed by atoms with Crippen molar-refractivity contribution in [3.8, 4) is 0 Å². The number of anilines is 1. The fraction of sp³-hybridized carbons (Fsp3) is 0.278. The van der Waals surface area contributed by atoms with Crippen molar-refractivity contribution in [2.75, 3.05) is 23.7 Å². The number of rotatable bonds is 8. The van der Waals surface area contributed by atoms with E-state index in [-0.39, 0.29) is 17.3 Å². The number of benzene rings is 2. The highest BCUT2D eigenvalue weighted by Gasteiger charge is 2.23. The number of sulfonamides is 1. The summed E-state index contributed by atoms with van der Waals surface area (Å²) in [5.41, 5.74) is 1.41. The summed E-state index contributed by atoms with van der Waals surface area (Å²) in [6.45, 7) is 0.116. The summed E-state index contributed by atoms with van der Waals surface area (Å²) in [4.78, 5) is 12.2. The van der Waals surface area contributed by atoms with E-state index in [2.05, 4.69) is 5.32 Å². The number of amides is 1. The Kier molecular flexibility index (Phi) is 7.32. The number of halogens is 2. The predicted molar refractivity (Wildman–Crippen MR) is 106 cm³/mol. The van der Waals surface area contributed by atoms with E-state index < -0.39 is 15.9 Å².